The van der Waals surface area contributed by atoms with Crippen molar-refractivity contribution in [2.24, 2.45) is 0 Å². The van der Waals surface area contributed by atoms with Crippen molar-refractivity contribution in [1.82, 2.24) is 10.5 Å². The number of rotatable bonds is 5. The van der Waals surface area contributed by atoms with Crippen molar-refractivity contribution >= 4 is 0 Å². The summed E-state index contributed by atoms with van der Waals surface area (Å²) in [6, 6.07) is 1.88. The van der Waals surface area contributed by atoms with Crippen molar-refractivity contribution in [2.45, 2.75) is 26.6 Å². The molecule has 1 unspecified atom stereocenters. The minimum absolute atomic E-state index is 0.196. The highest BCUT2D eigenvalue weighted by Crippen LogP contribution is 2.04. The maximum Gasteiger partial charge on any atom is 0.134 e. The zero-order valence-electron chi connectivity index (χ0n) is 8.33. The van der Waals surface area contributed by atoms with E-state index in [9.17, 15) is 0 Å². The van der Waals surface area contributed by atoms with Gasteiger partial charge < -0.3 is 14.6 Å². The molecule has 0 aliphatic heterocycles. The van der Waals surface area contributed by atoms with Gasteiger partial charge in [0.25, 0.3) is 0 Å². The van der Waals surface area contributed by atoms with E-state index in [0.29, 0.717) is 6.61 Å². The SMILES string of the molecule is CNCC(C)OCc1cc(C)on1. The summed E-state index contributed by atoms with van der Waals surface area (Å²) >= 11 is 0. The Morgan fingerprint density at radius 2 is 2.46 bits per heavy atom. The first-order valence-electron chi connectivity index (χ1n) is 4.40. The summed E-state index contributed by atoms with van der Waals surface area (Å²) in [7, 11) is 1.90. The Kier molecular flexibility index (Phi) is 3.92. The molecule has 1 aromatic heterocycles. The molecule has 1 N–H and O–H groups in total. The molecule has 0 saturated heterocycles. The van der Waals surface area contributed by atoms with Crippen LogP contribution in [0.3, 0.4) is 0 Å². The Morgan fingerprint density at radius 1 is 1.69 bits per heavy atom. The third kappa shape index (κ3) is 3.57. The molecule has 1 rings (SSSR count). The molecule has 1 atom stereocenters. The molecule has 0 aliphatic carbocycles. The number of nitrogens with one attached hydrogen (secondary N) is 1. The summed E-state index contributed by atoms with van der Waals surface area (Å²) in [6.45, 7) is 5.24. The lowest BCUT2D eigenvalue weighted by molar-refractivity contribution is 0.0510. The maximum atomic E-state index is 5.50. The zero-order chi connectivity index (χ0) is 9.68. The van der Waals surface area contributed by atoms with Crippen LogP contribution >= 0.6 is 0 Å². The monoisotopic (exact) mass is 184 g/mol. The molecule has 0 spiro atoms. The maximum absolute atomic E-state index is 5.50. The van der Waals surface area contributed by atoms with Crippen LogP contribution in [0.5, 0.6) is 0 Å². The van der Waals surface area contributed by atoms with Gasteiger partial charge in [-0.2, -0.15) is 0 Å². The molecule has 0 amide bonds. The molecule has 4 nitrogen and oxygen atoms in total. The van der Waals surface area contributed by atoms with Gasteiger partial charge in [0, 0.05) is 12.6 Å². The number of likely N-dealkylation sites (N-methyl/N-ethyl adjacent to an activating group) is 1. The van der Waals surface area contributed by atoms with Crippen molar-refractivity contribution in [3.63, 3.8) is 0 Å². The quantitative estimate of drug-likeness (QED) is 0.744. The lowest BCUT2D eigenvalue weighted by atomic mass is 10.4. The predicted molar refractivity (Wildman–Crippen MR) is 49.4 cm³/mol. The summed E-state index contributed by atoms with van der Waals surface area (Å²) in [6.07, 6.45) is 0.196. The van der Waals surface area contributed by atoms with Crippen LogP contribution in [-0.2, 0) is 11.3 Å². The standard InChI is InChI=1S/C9H16N2O2/c1-7-4-9(11-13-7)6-12-8(2)5-10-3/h4,8,10H,5-6H2,1-3H3. The van der Waals surface area contributed by atoms with Gasteiger partial charge in [-0.25, -0.2) is 0 Å². The number of nitrogens with zero attached hydrogens (tertiary/aromatic N) is 1. The summed E-state index contributed by atoms with van der Waals surface area (Å²) in [5, 5.41) is 6.87. The highest BCUT2D eigenvalue weighted by molar-refractivity contribution is 5.01. The van der Waals surface area contributed by atoms with Crippen molar-refractivity contribution in [2.75, 3.05) is 13.6 Å². The highest BCUT2D eigenvalue weighted by Gasteiger charge is 2.03. The molecule has 0 saturated carbocycles. The smallest absolute Gasteiger partial charge is 0.134 e. The van der Waals surface area contributed by atoms with E-state index in [-0.39, 0.29) is 6.10 Å². The van der Waals surface area contributed by atoms with Crippen molar-refractivity contribution in [3.8, 4) is 0 Å². The van der Waals surface area contributed by atoms with Gasteiger partial charge in [0.1, 0.15) is 11.5 Å². The molecule has 0 fully saturated rings. The summed E-state index contributed by atoms with van der Waals surface area (Å²) in [5.74, 6) is 0.819. The molecule has 0 bridgehead atoms. The van der Waals surface area contributed by atoms with E-state index < -0.39 is 0 Å². The molecule has 1 aromatic rings. The summed E-state index contributed by atoms with van der Waals surface area (Å²) in [5.41, 5.74) is 0.848. The zero-order valence-corrected chi connectivity index (χ0v) is 8.33. The number of aromatic nitrogens is 1. The fraction of sp³-hybridized carbons (Fsp3) is 0.667. The minimum atomic E-state index is 0.196. The Labute approximate surface area is 78.2 Å². The number of aryl methyl sites for hydroxylation is 1. The van der Waals surface area contributed by atoms with Crippen LogP contribution in [0.1, 0.15) is 18.4 Å². The highest BCUT2D eigenvalue weighted by atomic mass is 16.5. The molecular weight excluding hydrogens is 168 g/mol. The Balaban J connectivity index is 2.26. The van der Waals surface area contributed by atoms with Gasteiger partial charge in [0.05, 0.1) is 12.7 Å². The Hall–Kier alpha value is -0.870. The van der Waals surface area contributed by atoms with Crippen molar-refractivity contribution in [1.29, 1.82) is 0 Å². The fourth-order valence-electron chi connectivity index (χ4n) is 1.06. The number of hydrogen-bond acceptors (Lipinski definition) is 4. The van der Waals surface area contributed by atoms with Crippen molar-refractivity contribution in [3.05, 3.63) is 17.5 Å². The van der Waals surface area contributed by atoms with Crippen molar-refractivity contribution < 1.29 is 9.26 Å². The predicted octanol–water partition coefficient (Wildman–Crippen LogP) is 1.11. The first kappa shape index (κ1) is 10.2. The van der Waals surface area contributed by atoms with E-state index in [1.54, 1.807) is 0 Å². The molecule has 13 heavy (non-hydrogen) atoms. The fourth-order valence-corrected chi connectivity index (χ4v) is 1.06. The van der Waals surface area contributed by atoms with Gasteiger partial charge in [0.15, 0.2) is 0 Å². The normalized spacial score (nSPS) is 13.2. The van der Waals surface area contributed by atoms with Gasteiger partial charge in [-0.1, -0.05) is 5.16 Å². The molecule has 4 heteroatoms. The van der Waals surface area contributed by atoms with Crippen LogP contribution in [0.4, 0.5) is 0 Å². The second-order valence-corrected chi connectivity index (χ2v) is 3.11. The second-order valence-electron chi connectivity index (χ2n) is 3.11. The Bertz CT molecular complexity index is 248. The van der Waals surface area contributed by atoms with Gasteiger partial charge in [0.2, 0.25) is 0 Å². The summed E-state index contributed by atoms with van der Waals surface area (Å²) < 4.78 is 10.4. The molecule has 0 aromatic carbocycles. The molecule has 0 radical (unpaired) electrons. The first-order chi connectivity index (χ1) is 6.22. The first-order valence-corrected chi connectivity index (χ1v) is 4.40. The average Bonchev–Trinajstić information content (AvgIpc) is 2.49. The van der Waals surface area contributed by atoms with Gasteiger partial charge in [-0.05, 0) is 20.9 Å². The molecule has 74 valence electrons. The van der Waals surface area contributed by atoms with Crippen LogP contribution in [0, 0.1) is 6.92 Å². The van der Waals surface area contributed by atoms with Crippen LogP contribution in [0.2, 0.25) is 0 Å². The topological polar surface area (TPSA) is 47.3 Å². The van der Waals surface area contributed by atoms with E-state index in [2.05, 4.69) is 10.5 Å². The van der Waals surface area contributed by atoms with Crippen LogP contribution < -0.4 is 5.32 Å². The third-order valence-electron chi connectivity index (χ3n) is 1.68. The van der Waals surface area contributed by atoms with E-state index >= 15 is 0 Å². The molecule has 0 aliphatic rings. The van der Waals surface area contributed by atoms with Crippen LogP contribution in [-0.4, -0.2) is 24.9 Å². The van der Waals surface area contributed by atoms with Crippen LogP contribution in [0.15, 0.2) is 10.6 Å². The third-order valence-corrected chi connectivity index (χ3v) is 1.68. The molecule has 1 heterocycles. The minimum Gasteiger partial charge on any atom is -0.371 e. The number of hydrogen-bond donors (Lipinski definition) is 1. The Morgan fingerprint density at radius 3 is 3.00 bits per heavy atom. The number of ether oxygens (including phenoxy) is 1. The van der Waals surface area contributed by atoms with Gasteiger partial charge in [-0.15, -0.1) is 0 Å². The average molecular weight is 184 g/mol. The van der Waals surface area contributed by atoms with E-state index in [0.717, 1.165) is 18.0 Å². The lowest BCUT2D eigenvalue weighted by Gasteiger charge is -2.10. The summed E-state index contributed by atoms with van der Waals surface area (Å²) in [4.78, 5) is 0. The van der Waals surface area contributed by atoms with Gasteiger partial charge >= 0.3 is 0 Å². The van der Waals surface area contributed by atoms with E-state index in [4.69, 9.17) is 9.26 Å². The van der Waals surface area contributed by atoms with E-state index in [1.165, 1.54) is 0 Å². The van der Waals surface area contributed by atoms with Crippen LogP contribution in [0.25, 0.3) is 0 Å². The molecular formula is C9H16N2O2. The largest absolute Gasteiger partial charge is 0.371 e. The van der Waals surface area contributed by atoms with E-state index in [1.807, 2.05) is 27.0 Å². The second kappa shape index (κ2) is 4.99. The lowest BCUT2D eigenvalue weighted by Crippen LogP contribution is -2.23. The van der Waals surface area contributed by atoms with Gasteiger partial charge in [-0.3, -0.25) is 0 Å².